The van der Waals surface area contributed by atoms with E-state index in [2.05, 4.69) is 66.0 Å². The summed E-state index contributed by atoms with van der Waals surface area (Å²) in [5, 5.41) is 3.47. The maximum Gasteiger partial charge on any atom is 0.144 e. The number of hydrogen-bond acceptors (Lipinski definition) is 3. The maximum absolute atomic E-state index is 5.10. The Balaban J connectivity index is 2.03. The van der Waals surface area contributed by atoms with Crippen LogP contribution in [-0.4, -0.2) is 34.2 Å². The fourth-order valence-electron chi connectivity index (χ4n) is 3.90. The first-order chi connectivity index (χ1) is 14.2. The maximum atomic E-state index is 5.10. The third-order valence-corrected chi connectivity index (χ3v) is 5.29. The summed E-state index contributed by atoms with van der Waals surface area (Å²) < 4.78 is 2.17. The van der Waals surface area contributed by atoms with Crippen LogP contribution in [0.1, 0.15) is 45.9 Å². The number of nitrogens with zero attached hydrogens (tertiary/aromatic N) is 4. The minimum Gasteiger partial charge on any atom is -0.385 e. The summed E-state index contributed by atoms with van der Waals surface area (Å²) in [5.74, 6) is 1.80. The van der Waals surface area contributed by atoms with E-state index in [1.165, 1.54) is 17.6 Å². The van der Waals surface area contributed by atoms with Crippen LogP contribution in [0.15, 0.2) is 75.2 Å². The first-order valence-electron chi connectivity index (χ1n) is 10.5. The third kappa shape index (κ3) is 4.24. The molecule has 3 heterocycles. The molecule has 29 heavy (non-hydrogen) atoms. The molecule has 0 aromatic carbocycles. The van der Waals surface area contributed by atoms with Crippen molar-refractivity contribution in [1.82, 2.24) is 14.9 Å². The molecule has 1 N–H and O–H groups in total. The molecular weight excluding hydrogens is 358 g/mol. The Morgan fingerprint density at radius 2 is 2.10 bits per heavy atom. The second kappa shape index (κ2) is 8.60. The molecule has 0 spiro atoms. The minimum atomic E-state index is 0.643. The largest absolute Gasteiger partial charge is 0.385 e. The summed E-state index contributed by atoms with van der Waals surface area (Å²) in [5.41, 5.74) is 6.80. The van der Waals surface area contributed by atoms with E-state index in [0.29, 0.717) is 6.54 Å². The summed E-state index contributed by atoms with van der Waals surface area (Å²) in [6.07, 6.45) is 18.5. The first kappa shape index (κ1) is 19.4. The zero-order valence-electron chi connectivity index (χ0n) is 17.6. The molecule has 0 bridgehead atoms. The number of rotatable bonds is 2. The molecule has 1 aromatic rings. The van der Waals surface area contributed by atoms with Gasteiger partial charge < -0.3 is 9.88 Å². The predicted octanol–water partition coefficient (Wildman–Crippen LogP) is 4.63. The van der Waals surface area contributed by atoms with Crippen LogP contribution in [0.25, 0.3) is 5.57 Å². The fourth-order valence-corrected chi connectivity index (χ4v) is 3.90. The van der Waals surface area contributed by atoms with Crippen molar-refractivity contribution in [3.63, 3.8) is 0 Å². The molecule has 0 amide bonds. The highest BCUT2D eigenvalue weighted by atomic mass is 15.1. The number of allylic oxidation sites excluding steroid dienone is 9. The van der Waals surface area contributed by atoms with Gasteiger partial charge in [-0.15, -0.1) is 0 Å². The van der Waals surface area contributed by atoms with E-state index in [1.807, 2.05) is 12.4 Å². The van der Waals surface area contributed by atoms with Gasteiger partial charge in [-0.05, 0) is 57.3 Å². The number of aliphatic imine (C=N–C) groups is 2. The van der Waals surface area contributed by atoms with Crippen LogP contribution in [-0.2, 0) is 6.54 Å². The molecular formula is C24H29N5. The molecule has 4 rings (SSSR count). The lowest BCUT2D eigenvalue weighted by molar-refractivity contribution is 0.828. The van der Waals surface area contributed by atoms with Crippen molar-refractivity contribution in [2.75, 3.05) is 13.1 Å². The van der Waals surface area contributed by atoms with Gasteiger partial charge in [-0.25, -0.2) is 9.98 Å². The Bertz CT molecular complexity index is 986. The molecule has 0 atom stereocenters. The van der Waals surface area contributed by atoms with Crippen molar-refractivity contribution in [2.24, 2.45) is 9.98 Å². The van der Waals surface area contributed by atoms with Crippen LogP contribution in [0.5, 0.6) is 0 Å². The normalized spacial score (nSPS) is 23.8. The lowest BCUT2D eigenvalue weighted by Gasteiger charge is -2.13. The van der Waals surface area contributed by atoms with E-state index >= 15 is 0 Å². The van der Waals surface area contributed by atoms with Crippen molar-refractivity contribution in [1.29, 1.82) is 0 Å². The summed E-state index contributed by atoms with van der Waals surface area (Å²) in [7, 11) is 0. The standard InChI is InChI=1S/C24H29N5/c1-4-25-21-16-29-12-11-26-24(29)22(20-13-17(2)15-27-18(3)14-20)23(28-21)19-9-7-5-6-8-10-19/h7,9-14,27H,4-6,8,15-16H2,1-3H3/b22-20-,25-21?. The number of fused-ring (bicyclic) bond motifs is 1. The molecule has 1 aliphatic carbocycles. The lowest BCUT2D eigenvalue weighted by atomic mass is 9.94. The number of aromatic nitrogens is 2. The van der Waals surface area contributed by atoms with E-state index in [0.717, 1.165) is 60.1 Å². The molecule has 0 saturated heterocycles. The second-order valence-electron chi connectivity index (χ2n) is 7.72. The van der Waals surface area contributed by atoms with Gasteiger partial charge in [0, 0.05) is 31.2 Å². The summed E-state index contributed by atoms with van der Waals surface area (Å²) >= 11 is 0. The minimum absolute atomic E-state index is 0.643. The predicted molar refractivity (Wildman–Crippen MR) is 121 cm³/mol. The molecule has 2 aliphatic heterocycles. The average Bonchev–Trinajstić information content (AvgIpc) is 2.87. The second-order valence-corrected chi connectivity index (χ2v) is 7.72. The number of imidazole rings is 1. The van der Waals surface area contributed by atoms with E-state index in [9.17, 15) is 0 Å². The molecule has 3 aliphatic rings. The van der Waals surface area contributed by atoms with Gasteiger partial charge in [-0.3, -0.25) is 4.99 Å². The van der Waals surface area contributed by atoms with Crippen LogP contribution in [0.3, 0.4) is 0 Å². The topological polar surface area (TPSA) is 54.6 Å². The smallest absolute Gasteiger partial charge is 0.144 e. The summed E-state index contributed by atoms with van der Waals surface area (Å²) in [6.45, 7) is 8.55. The number of amidine groups is 1. The van der Waals surface area contributed by atoms with Gasteiger partial charge in [0.2, 0.25) is 0 Å². The third-order valence-electron chi connectivity index (χ3n) is 5.29. The number of hydrogen-bond donors (Lipinski definition) is 1. The van der Waals surface area contributed by atoms with Crippen LogP contribution < -0.4 is 5.32 Å². The van der Waals surface area contributed by atoms with Crippen LogP contribution in [0, 0.1) is 0 Å². The Morgan fingerprint density at radius 1 is 1.21 bits per heavy atom. The molecule has 0 saturated carbocycles. The van der Waals surface area contributed by atoms with E-state index in [4.69, 9.17) is 9.98 Å². The Hall–Kier alpha value is -2.95. The van der Waals surface area contributed by atoms with Crippen molar-refractivity contribution >= 4 is 17.1 Å². The highest BCUT2D eigenvalue weighted by Crippen LogP contribution is 2.30. The average molecular weight is 388 g/mol. The fraction of sp³-hybridized carbons (Fsp3) is 0.375. The van der Waals surface area contributed by atoms with E-state index in [1.54, 1.807) is 0 Å². The lowest BCUT2D eigenvalue weighted by Crippen LogP contribution is -2.11. The van der Waals surface area contributed by atoms with Crippen LogP contribution in [0.2, 0.25) is 0 Å². The highest BCUT2D eigenvalue weighted by molar-refractivity contribution is 6.36. The van der Waals surface area contributed by atoms with Gasteiger partial charge in [-0.1, -0.05) is 29.9 Å². The van der Waals surface area contributed by atoms with Crippen molar-refractivity contribution < 1.29 is 0 Å². The monoisotopic (exact) mass is 387 g/mol. The van der Waals surface area contributed by atoms with Gasteiger partial charge in [0.05, 0.1) is 17.8 Å². The van der Waals surface area contributed by atoms with Crippen LogP contribution in [0.4, 0.5) is 0 Å². The highest BCUT2D eigenvalue weighted by Gasteiger charge is 2.25. The van der Waals surface area contributed by atoms with Crippen molar-refractivity contribution in [3.05, 3.63) is 71.0 Å². The summed E-state index contributed by atoms with van der Waals surface area (Å²) in [4.78, 5) is 14.5. The first-order valence-corrected chi connectivity index (χ1v) is 10.5. The molecule has 0 unspecified atom stereocenters. The molecule has 150 valence electrons. The zero-order chi connectivity index (χ0) is 20.2. The van der Waals surface area contributed by atoms with E-state index < -0.39 is 0 Å². The Kier molecular flexibility index (Phi) is 5.74. The van der Waals surface area contributed by atoms with Gasteiger partial charge in [-0.2, -0.15) is 0 Å². The SMILES string of the molecule is CCN=C1Cn2ccnc2/C(=C2/C=C(C)CNC(C)=C2)C(C2=CCCCC=C2)=N1. The van der Waals surface area contributed by atoms with Gasteiger partial charge in [0.25, 0.3) is 0 Å². The quantitative estimate of drug-likeness (QED) is 0.804. The molecule has 5 nitrogen and oxygen atoms in total. The summed E-state index contributed by atoms with van der Waals surface area (Å²) in [6, 6.07) is 0. The Labute approximate surface area is 173 Å². The van der Waals surface area contributed by atoms with Crippen molar-refractivity contribution in [2.45, 2.75) is 46.6 Å². The van der Waals surface area contributed by atoms with Crippen LogP contribution >= 0.6 is 0 Å². The number of nitrogens with one attached hydrogen (secondary N) is 1. The van der Waals surface area contributed by atoms with Gasteiger partial charge in [0.15, 0.2) is 0 Å². The molecule has 5 heteroatoms. The Morgan fingerprint density at radius 3 is 2.97 bits per heavy atom. The molecule has 0 radical (unpaired) electrons. The zero-order valence-corrected chi connectivity index (χ0v) is 17.6. The van der Waals surface area contributed by atoms with E-state index in [-0.39, 0.29) is 0 Å². The van der Waals surface area contributed by atoms with Crippen molar-refractivity contribution in [3.8, 4) is 0 Å². The molecule has 0 fully saturated rings. The van der Waals surface area contributed by atoms with Gasteiger partial charge >= 0.3 is 0 Å². The van der Waals surface area contributed by atoms with Gasteiger partial charge in [0.1, 0.15) is 11.7 Å². The molecule has 1 aromatic heterocycles.